The largest absolute Gasteiger partial charge is 0.458 e. The second-order valence-electron chi connectivity index (χ2n) is 24.6. The van der Waals surface area contributed by atoms with Crippen molar-refractivity contribution in [3.05, 3.63) is 235 Å². The molecule has 0 amide bonds. The van der Waals surface area contributed by atoms with E-state index < -0.39 is 0 Å². The molecule has 0 spiro atoms. The number of aromatic nitrogens is 2. The predicted molar refractivity (Wildman–Crippen MR) is 332 cm³/mol. The van der Waals surface area contributed by atoms with Gasteiger partial charge in [-0.1, -0.05) is 184 Å². The van der Waals surface area contributed by atoms with Gasteiger partial charge in [-0.25, -0.2) is 0 Å². The van der Waals surface area contributed by atoms with E-state index in [1.807, 2.05) is 0 Å². The van der Waals surface area contributed by atoms with Crippen molar-refractivity contribution in [2.24, 2.45) is 0 Å². The number of anilines is 6. The number of benzene rings is 10. The quantitative estimate of drug-likeness (QED) is 0.149. The molecule has 2 aliphatic rings. The van der Waals surface area contributed by atoms with Crippen molar-refractivity contribution in [2.45, 2.75) is 78.6 Å². The number of hydrogen-bond acceptors (Lipinski definition) is 3. The van der Waals surface area contributed by atoms with Crippen LogP contribution in [0.4, 0.5) is 34.1 Å². The Balaban J connectivity index is 1.16. The van der Waals surface area contributed by atoms with Crippen molar-refractivity contribution >= 4 is 101 Å². The highest BCUT2D eigenvalue weighted by Crippen LogP contribution is 2.49. The molecule has 0 radical (unpaired) electrons. The van der Waals surface area contributed by atoms with Gasteiger partial charge in [0, 0.05) is 61.6 Å². The van der Waals surface area contributed by atoms with Crippen molar-refractivity contribution in [2.75, 3.05) is 9.80 Å². The first kappa shape index (κ1) is 47.7. The van der Waals surface area contributed by atoms with Crippen molar-refractivity contribution in [1.29, 1.82) is 0 Å². The van der Waals surface area contributed by atoms with E-state index in [0.29, 0.717) is 0 Å². The third-order valence-electron chi connectivity index (χ3n) is 16.5. The van der Waals surface area contributed by atoms with Crippen LogP contribution in [0.5, 0.6) is 11.5 Å². The molecule has 2 aliphatic heterocycles. The highest BCUT2D eigenvalue weighted by molar-refractivity contribution is 6.99. The van der Waals surface area contributed by atoms with Crippen LogP contribution in [-0.4, -0.2) is 15.8 Å². The lowest BCUT2D eigenvalue weighted by molar-refractivity contribution is 0.486. The van der Waals surface area contributed by atoms with Crippen LogP contribution in [0.2, 0.25) is 0 Å². The van der Waals surface area contributed by atoms with Gasteiger partial charge < -0.3 is 23.7 Å². The summed E-state index contributed by atoms with van der Waals surface area (Å²) in [6.07, 6.45) is 0. The molecule has 0 fully saturated rings. The number of hydrogen-bond donors (Lipinski definition) is 0. The summed E-state index contributed by atoms with van der Waals surface area (Å²) in [5.41, 5.74) is 20.7. The summed E-state index contributed by atoms with van der Waals surface area (Å²) in [6.45, 7) is 20.9. The van der Waals surface area contributed by atoms with Gasteiger partial charge in [-0.15, -0.1) is 0 Å². The monoisotopic (exact) mass is 1010 g/mol. The molecule has 78 heavy (non-hydrogen) atoms. The predicted octanol–water partition coefficient (Wildman–Crippen LogP) is 17.6. The maximum atomic E-state index is 7.50. The van der Waals surface area contributed by atoms with Gasteiger partial charge in [-0.2, -0.15) is 0 Å². The third kappa shape index (κ3) is 7.44. The van der Waals surface area contributed by atoms with Gasteiger partial charge in [-0.3, -0.25) is 0 Å². The van der Waals surface area contributed by atoms with Crippen LogP contribution in [-0.2, 0) is 16.2 Å². The summed E-state index contributed by atoms with van der Waals surface area (Å²) in [5, 5.41) is 4.86. The summed E-state index contributed by atoms with van der Waals surface area (Å²) in [4.78, 5) is 4.83. The molecular formula is C72H63BN4O. The van der Waals surface area contributed by atoms with Crippen LogP contribution in [0.1, 0.15) is 79.0 Å². The average molecular weight is 1010 g/mol. The second kappa shape index (κ2) is 17.4. The number of ether oxygens (including phenoxy) is 1. The lowest BCUT2D eigenvalue weighted by Gasteiger charge is -2.36. The van der Waals surface area contributed by atoms with E-state index >= 15 is 0 Å². The Morgan fingerprint density at radius 1 is 0.359 bits per heavy atom. The number of nitrogens with zero attached hydrogens (tertiary/aromatic N) is 4. The molecule has 0 bridgehead atoms. The molecule has 0 unspecified atom stereocenters. The van der Waals surface area contributed by atoms with Gasteiger partial charge in [0.2, 0.25) is 0 Å². The molecule has 4 heterocycles. The molecule has 380 valence electrons. The van der Waals surface area contributed by atoms with E-state index in [9.17, 15) is 0 Å². The van der Waals surface area contributed by atoms with Crippen LogP contribution in [0.25, 0.3) is 55.0 Å². The zero-order valence-electron chi connectivity index (χ0n) is 46.1. The first-order valence-electron chi connectivity index (χ1n) is 27.6. The Morgan fingerprint density at radius 3 is 1.32 bits per heavy atom. The Morgan fingerprint density at radius 2 is 0.821 bits per heavy atom. The van der Waals surface area contributed by atoms with Gasteiger partial charge >= 0.3 is 0 Å². The molecule has 14 rings (SSSR count). The van der Waals surface area contributed by atoms with Crippen molar-refractivity contribution in [1.82, 2.24) is 9.13 Å². The Bertz CT molecular complexity index is 4130. The first-order valence-corrected chi connectivity index (χ1v) is 27.6. The topological polar surface area (TPSA) is 25.6 Å². The van der Waals surface area contributed by atoms with Gasteiger partial charge in [0.15, 0.2) is 0 Å². The number of fused-ring (bicyclic) bond motifs is 10. The molecule has 0 N–H and O–H groups in total. The molecule has 5 nitrogen and oxygen atoms in total. The molecule has 10 aromatic carbocycles. The third-order valence-corrected chi connectivity index (χ3v) is 16.5. The summed E-state index contributed by atoms with van der Waals surface area (Å²) in [6, 6.07) is 80.9. The van der Waals surface area contributed by atoms with E-state index in [1.54, 1.807) is 0 Å². The fraction of sp³-hybridized carbons (Fsp3) is 0.167. The lowest BCUT2D eigenvalue weighted by Crippen LogP contribution is -2.58. The van der Waals surface area contributed by atoms with E-state index in [2.05, 4.69) is 300 Å². The minimum atomic E-state index is -0.0956. The fourth-order valence-electron chi connectivity index (χ4n) is 12.6. The standard InChI is InChI=1S/C72H63BN4O/c1-70(2,3)46-36-38-60-56(40-46)57-41-48(72(7,8)9)43-59-67(57)77(60)63-44-53(45-65-66(63)73(59)58-42-47(71(4,5)6)37-39-64(58)78-65)76-68-54(32-22-34-61(68)74(49-24-14-10-15-25-49)50-26-16-11-17-27-50)55-33-23-35-62(69(55)76)75(51-28-18-12-19-29-51)52-30-20-13-21-31-52/h10-45H,1-9H3. The summed E-state index contributed by atoms with van der Waals surface area (Å²) in [5.74, 6) is 1.77. The van der Waals surface area contributed by atoms with E-state index in [4.69, 9.17) is 4.74 Å². The van der Waals surface area contributed by atoms with Gasteiger partial charge in [0.05, 0.1) is 33.6 Å². The van der Waals surface area contributed by atoms with Crippen molar-refractivity contribution in [3.63, 3.8) is 0 Å². The lowest BCUT2D eigenvalue weighted by atomic mass is 9.34. The minimum absolute atomic E-state index is 0.0419. The molecule has 2 aromatic heterocycles. The molecule has 0 aliphatic carbocycles. The zero-order valence-corrected chi connectivity index (χ0v) is 46.1. The molecule has 0 atom stereocenters. The maximum Gasteiger partial charge on any atom is 0.256 e. The Kier molecular flexibility index (Phi) is 10.6. The molecule has 6 heteroatoms. The van der Waals surface area contributed by atoms with Gasteiger partial charge in [0.1, 0.15) is 11.5 Å². The highest BCUT2D eigenvalue weighted by atomic mass is 16.5. The minimum Gasteiger partial charge on any atom is -0.458 e. The molecule has 12 aromatic rings. The van der Waals surface area contributed by atoms with E-state index in [1.165, 1.54) is 54.9 Å². The first-order chi connectivity index (χ1) is 37.6. The van der Waals surface area contributed by atoms with Crippen LogP contribution in [0, 0.1) is 0 Å². The summed E-state index contributed by atoms with van der Waals surface area (Å²) < 4.78 is 12.6. The van der Waals surface area contributed by atoms with Crippen LogP contribution < -0.4 is 30.9 Å². The van der Waals surface area contributed by atoms with E-state index in [-0.39, 0.29) is 23.0 Å². The maximum absolute atomic E-state index is 7.50. The van der Waals surface area contributed by atoms with E-state index in [0.717, 1.165) is 78.8 Å². The smallest absolute Gasteiger partial charge is 0.256 e. The van der Waals surface area contributed by atoms with Gasteiger partial charge in [-0.05, 0) is 140 Å². The Hall–Kier alpha value is -8.74. The fourth-order valence-corrected chi connectivity index (χ4v) is 12.6. The number of para-hydroxylation sites is 6. The van der Waals surface area contributed by atoms with Crippen LogP contribution in [0.3, 0.4) is 0 Å². The van der Waals surface area contributed by atoms with Crippen LogP contribution in [0.15, 0.2) is 218 Å². The molecule has 0 saturated carbocycles. The van der Waals surface area contributed by atoms with Crippen LogP contribution >= 0.6 is 0 Å². The summed E-state index contributed by atoms with van der Waals surface area (Å²) in [7, 11) is 0. The zero-order chi connectivity index (χ0) is 53.4. The SMILES string of the molecule is CC(C)(C)c1ccc2c(c1)B1c3c(cc(-n4c5c(N(c6ccccc6)c6ccccc6)cccc5c5cccc(N(c6ccccc6)c6ccccc6)c54)cc3-n3c4ccc(C(C)(C)C)cc4c4cc(C(C)(C)C)cc1c43)O2. The van der Waals surface area contributed by atoms with Crippen molar-refractivity contribution in [3.8, 4) is 22.9 Å². The van der Waals surface area contributed by atoms with Gasteiger partial charge in [0.25, 0.3) is 6.71 Å². The number of rotatable bonds is 7. The second-order valence-corrected chi connectivity index (χ2v) is 24.6. The summed E-state index contributed by atoms with van der Waals surface area (Å²) >= 11 is 0. The Labute approximate surface area is 458 Å². The average Bonchev–Trinajstić information content (AvgIpc) is 4.16. The molecular weight excluding hydrogens is 948 g/mol. The van der Waals surface area contributed by atoms with Crippen molar-refractivity contribution < 1.29 is 4.74 Å². The highest BCUT2D eigenvalue weighted by Gasteiger charge is 2.43. The molecule has 0 saturated heterocycles. The normalized spacial score (nSPS) is 13.0.